The molecule has 0 aromatic carbocycles. The number of aliphatic hydroxyl groups is 2. The fourth-order valence-electron chi connectivity index (χ4n) is 8.70. The molecule has 0 bridgehead atoms. The van der Waals surface area contributed by atoms with Gasteiger partial charge in [0.05, 0.1) is 18.8 Å². The molecule has 3 N–H and O–H groups in total. The number of carbonyl (C=O) groups excluding carboxylic acids is 1. The lowest BCUT2D eigenvalue weighted by Gasteiger charge is -2.57. The molecule has 0 spiro atoms. The number of carbonyl (C=O) groups is 1. The maximum absolute atomic E-state index is 11.7. The number of nitrogens with one attached hydrogen (secondary N) is 1. The lowest BCUT2D eigenvalue weighted by Crippen LogP contribution is -2.59. The fraction of sp³-hybridized carbons (Fsp3) is 0.839. The minimum atomic E-state index is -0.768. The van der Waals surface area contributed by atoms with Gasteiger partial charge in [-0.05, 0) is 67.1 Å². The number of allylic oxidation sites excluding steroid dienone is 3. The zero-order chi connectivity index (χ0) is 26.3. The van der Waals surface area contributed by atoms with Gasteiger partial charge in [0, 0.05) is 18.9 Å². The lowest BCUT2D eigenvalue weighted by molar-refractivity contribution is -0.161. The van der Waals surface area contributed by atoms with E-state index in [1.54, 1.807) is 5.57 Å². The second-order valence-corrected chi connectivity index (χ2v) is 13.3. The quantitative estimate of drug-likeness (QED) is 0.369. The van der Waals surface area contributed by atoms with Gasteiger partial charge in [0.15, 0.2) is 0 Å². The van der Waals surface area contributed by atoms with Crippen molar-refractivity contribution in [2.45, 2.75) is 111 Å². The molecule has 0 unspecified atom stereocenters. The number of fused-ring (bicyclic) bond motifs is 5. The molecule has 1 amide bonds. The highest BCUT2D eigenvalue weighted by molar-refractivity contribution is 5.72. The fourth-order valence-corrected chi connectivity index (χ4v) is 8.70. The number of hydrogen-bond donors (Lipinski definition) is 3. The van der Waals surface area contributed by atoms with E-state index in [0.717, 1.165) is 29.7 Å². The van der Waals surface area contributed by atoms with Crippen molar-refractivity contribution in [2.24, 2.45) is 40.4 Å². The maximum atomic E-state index is 11.7. The van der Waals surface area contributed by atoms with Crippen molar-refractivity contribution in [1.82, 2.24) is 5.32 Å². The number of aliphatic hydroxyl groups excluding tert-OH is 2. The Bertz CT molecular complexity index is 865. The highest BCUT2D eigenvalue weighted by atomic mass is 16.5. The van der Waals surface area contributed by atoms with Gasteiger partial charge in [-0.2, -0.15) is 0 Å². The van der Waals surface area contributed by atoms with E-state index in [4.69, 9.17) is 4.74 Å². The number of amides is 1. The second-order valence-electron chi connectivity index (χ2n) is 13.3. The first kappa shape index (κ1) is 27.9. The standard InChI is InChI=1S/C31H51NO4/c1-19(2)8-7-9-20(3)24-12-13-25-23-11-10-22-18-27(34)28(36-17-16-32-21(4)33)29(35)31(22,6)26(23)14-15-30(24,25)5/h10-11,19-20,24-29,34-35H,7-9,12-18H2,1-6H3,(H,32,33)/t20-,24-,25+,26+,27-,28-,29+,30-,31+/m1/s1. The Morgan fingerprint density at radius 3 is 2.56 bits per heavy atom. The minimum absolute atomic E-state index is 0.100. The summed E-state index contributed by atoms with van der Waals surface area (Å²) < 4.78 is 6.00. The van der Waals surface area contributed by atoms with Crippen molar-refractivity contribution < 1.29 is 19.7 Å². The van der Waals surface area contributed by atoms with Gasteiger partial charge >= 0.3 is 0 Å². The lowest BCUT2D eigenvalue weighted by atomic mass is 9.49. The van der Waals surface area contributed by atoms with E-state index in [1.165, 1.54) is 45.4 Å². The van der Waals surface area contributed by atoms with Crippen molar-refractivity contribution in [3.05, 3.63) is 23.3 Å². The number of ether oxygens (including phenoxy) is 1. The molecular weight excluding hydrogens is 450 g/mol. The highest BCUT2D eigenvalue weighted by Gasteiger charge is 2.60. The molecule has 5 heteroatoms. The molecular formula is C31H51NO4. The highest BCUT2D eigenvalue weighted by Crippen LogP contribution is 2.66. The molecule has 0 aromatic rings. The van der Waals surface area contributed by atoms with Crippen molar-refractivity contribution in [1.29, 1.82) is 0 Å². The molecule has 4 aliphatic rings. The first-order valence-corrected chi connectivity index (χ1v) is 14.6. The van der Waals surface area contributed by atoms with E-state index in [1.807, 2.05) is 0 Å². The molecule has 0 heterocycles. The molecule has 4 aliphatic carbocycles. The largest absolute Gasteiger partial charge is 0.390 e. The monoisotopic (exact) mass is 501 g/mol. The van der Waals surface area contributed by atoms with Gasteiger partial charge in [0.2, 0.25) is 5.91 Å². The number of hydrogen-bond acceptors (Lipinski definition) is 4. The summed E-state index contributed by atoms with van der Waals surface area (Å²) >= 11 is 0. The summed E-state index contributed by atoms with van der Waals surface area (Å²) in [4.78, 5) is 11.2. The summed E-state index contributed by atoms with van der Waals surface area (Å²) in [5.41, 5.74) is 2.64. The predicted octanol–water partition coefficient (Wildman–Crippen LogP) is 5.41. The van der Waals surface area contributed by atoms with Crippen LogP contribution in [-0.4, -0.2) is 47.6 Å². The van der Waals surface area contributed by atoms with Crippen LogP contribution in [0.5, 0.6) is 0 Å². The van der Waals surface area contributed by atoms with Gasteiger partial charge in [0.25, 0.3) is 0 Å². The first-order valence-electron chi connectivity index (χ1n) is 14.6. The minimum Gasteiger partial charge on any atom is -0.390 e. The van der Waals surface area contributed by atoms with Crippen LogP contribution in [0, 0.1) is 40.4 Å². The van der Waals surface area contributed by atoms with E-state index in [2.05, 4.69) is 52.1 Å². The third-order valence-corrected chi connectivity index (χ3v) is 10.7. The van der Waals surface area contributed by atoms with Crippen LogP contribution in [-0.2, 0) is 9.53 Å². The molecule has 0 saturated heterocycles. The maximum Gasteiger partial charge on any atom is 0.216 e. The zero-order valence-electron chi connectivity index (χ0n) is 23.6. The smallest absolute Gasteiger partial charge is 0.216 e. The Balaban J connectivity index is 1.50. The predicted molar refractivity (Wildman–Crippen MR) is 144 cm³/mol. The van der Waals surface area contributed by atoms with Crippen molar-refractivity contribution in [3.63, 3.8) is 0 Å². The second kappa shape index (κ2) is 10.9. The Morgan fingerprint density at radius 2 is 1.86 bits per heavy atom. The van der Waals surface area contributed by atoms with Gasteiger partial charge in [-0.1, -0.05) is 77.2 Å². The van der Waals surface area contributed by atoms with E-state index in [-0.39, 0.29) is 12.5 Å². The molecule has 4 rings (SSSR count). The SMILES string of the molecule is CC(=O)NCCO[C@@H]1[C@H](O)CC2=CC=C3[C@@H]4CC[C@H]([C@H](C)CCCC(C)C)[C@@]4(C)CC[C@@H]3[C@@]2(C)[C@H]1O. The molecule has 0 aromatic heterocycles. The van der Waals surface area contributed by atoms with Crippen LogP contribution in [0.2, 0.25) is 0 Å². The first-order chi connectivity index (χ1) is 17.0. The van der Waals surface area contributed by atoms with Gasteiger partial charge in [-0.15, -0.1) is 0 Å². The molecule has 204 valence electrons. The molecule has 36 heavy (non-hydrogen) atoms. The molecule has 3 saturated carbocycles. The van der Waals surface area contributed by atoms with Crippen LogP contribution in [0.15, 0.2) is 23.3 Å². The average Bonchev–Trinajstić information content (AvgIpc) is 3.16. The molecule has 3 fully saturated rings. The zero-order valence-corrected chi connectivity index (χ0v) is 23.6. The number of rotatable bonds is 9. The van der Waals surface area contributed by atoms with E-state index in [0.29, 0.717) is 30.2 Å². The van der Waals surface area contributed by atoms with Crippen LogP contribution < -0.4 is 5.32 Å². The summed E-state index contributed by atoms with van der Waals surface area (Å²) in [7, 11) is 0. The summed E-state index contributed by atoms with van der Waals surface area (Å²) in [6.07, 6.45) is 11.9. The van der Waals surface area contributed by atoms with Crippen LogP contribution in [0.1, 0.15) is 92.9 Å². The molecule has 9 atom stereocenters. The molecule has 0 aliphatic heterocycles. The normalized spacial score (nSPS) is 40.6. The summed E-state index contributed by atoms with van der Waals surface area (Å²) in [6, 6.07) is 0. The van der Waals surface area contributed by atoms with Gasteiger partial charge in [-0.25, -0.2) is 0 Å². The Morgan fingerprint density at radius 1 is 1.11 bits per heavy atom. The van der Waals surface area contributed by atoms with Crippen molar-refractivity contribution in [3.8, 4) is 0 Å². The van der Waals surface area contributed by atoms with Crippen molar-refractivity contribution in [2.75, 3.05) is 13.2 Å². The summed E-state index contributed by atoms with van der Waals surface area (Å²) in [5, 5.41) is 25.3. The third-order valence-electron chi connectivity index (χ3n) is 10.7. The summed E-state index contributed by atoms with van der Waals surface area (Å²) in [5.74, 6) is 3.11. The van der Waals surface area contributed by atoms with Gasteiger partial charge in [-0.3, -0.25) is 4.79 Å². The van der Waals surface area contributed by atoms with E-state index >= 15 is 0 Å². The molecule has 5 nitrogen and oxygen atoms in total. The average molecular weight is 502 g/mol. The van der Waals surface area contributed by atoms with E-state index in [9.17, 15) is 15.0 Å². The van der Waals surface area contributed by atoms with Gasteiger partial charge in [0.1, 0.15) is 6.10 Å². The Labute approximate surface area is 219 Å². The van der Waals surface area contributed by atoms with Crippen LogP contribution in [0.4, 0.5) is 0 Å². The van der Waals surface area contributed by atoms with Crippen molar-refractivity contribution >= 4 is 5.91 Å². The topological polar surface area (TPSA) is 78.8 Å². The van der Waals surface area contributed by atoms with Crippen LogP contribution in [0.3, 0.4) is 0 Å². The Kier molecular flexibility index (Phi) is 8.44. The van der Waals surface area contributed by atoms with Crippen LogP contribution in [0.25, 0.3) is 0 Å². The summed E-state index contributed by atoms with van der Waals surface area (Å²) in [6.45, 7) is 14.1. The third kappa shape index (κ3) is 4.97. The molecule has 0 radical (unpaired) electrons. The van der Waals surface area contributed by atoms with Gasteiger partial charge < -0.3 is 20.3 Å². The van der Waals surface area contributed by atoms with E-state index < -0.39 is 23.7 Å². The van der Waals surface area contributed by atoms with Crippen LogP contribution >= 0.6 is 0 Å². The Hall–Kier alpha value is -1.17.